The van der Waals surface area contributed by atoms with Crippen LogP contribution >= 0.6 is 0 Å². The van der Waals surface area contributed by atoms with E-state index in [2.05, 4.69) is 19.1 Å². The molecule has 12 heteroatoms. The van der Waals surface area contributed by atoms with Crippen LogP contribution in [-0.4, -0.2) is 67.7 Å². The van der Waals surface area contributed by atoms with Crippen molar-refractivity contribution in [3.63, 3.8) is 0 Å². The predicted octanol–water partition coefficient (Wildman–Crippen LogP) is 2.51. The van der Waals surface area contributed by atoms with Crippen LogP contribution in [0.5, 0.6) is 0 Å². The monoisotopic (exact) mass is 640 g/mol. The molecule has 0 radical (unpaired) electrons. The summed E-state index contributed by atoms with van der Waals surface area (Å²) >= 11 is 0. The van der Waals surface area contributed by atoms with E-state index >= 15 is 0 Å². The summed E-state index contributed by atoms with van der Waals surface area (Å²) < 4.78 is 48.9. The fourth-order valence-electron chi connectivity index (χ4n) is 4.68. The Hall–Kier alpha value is -0.980. The molecule has 1 heterocycles. The average molecular weight is 641 g/mol. The first-order valence-electron chi connectivity index (χ1n) is 15.8. The maximum Gasteiger partial charge on any atom is 1.00 e. The molecule has 2 atom stereocenters. The summed E-state index contributed by atoms with van der Waals surface area (Å²) in [6, 6.07) is 0. The SMILES string of the molecule is CCCCCCCCCC/C=C\CCCCCCCCCC(=O)OCC1(CO)COC(=O)CC(S(=O)(=O)[O-])C(=O)OC1.[Na+]. The van der Waals surface area contributed by atoms with Crippen molar-refractivity contribution in [3.05, 3.63) is 12.2 Å². The first kappa shape index (κ1) is 42.0. The average Bonchev–Trinajstić information content (AvgIpc) is 3.02. The smallest absolute Gasteiger partial charge is 0.747 e. The van der Waals surface area contributed by atoms with E-state index in [4.69, 9.17) is 14.2 Å². The topological polar surface area (TPSA) is 156 Å². The molecular weight excluding hydrogens is 587 g/mol. The normalized spacial score (nSPS) is 19.6. The largest absolute Gasteiger partial charge is 1.00 e. The second-order valence-electron chi connectivity index (χ2n) is 11.5. The maximum atomic E-state index is 12.2. The van der Waals surface area contributed by atoms with Gasteiger partial charge in [-0.1, -0.05) is 96.1 Å². The third-order valence-corrected chi connectivity index (χ3v) is 8.60. The summed E-state index contributed by atoms with van der Waals surface area (Å²) in [6.45, 7) is 0.143. The Labute approximate surface area is 281 Å². The van der Waals surface area contributed by atoms with Crippen molar-refractivity contribution < 1.29 is 76.2 Å². The summed E-state index contributed by atoms with van der Waals surface area (Å²) in [5, 5.41) is 7.62. The van der Waals surface area contributed by atoms with Crippen molar-refractivity contribution in [2.75, 3.05) is 26.4 Å². The van der Waals surface area contributed by atoms with Crippen LogP contribution in [0.3, 0.4) is 0 Å². The molecule has 43 heavy (non-hydrogen) atoms. The summed E-state index contributed by atoms with van der Waals surface area (Å²) in [5.41, 5.74) is -1.45. The minimum absolute atomic E-state index is 0. The molecule has 1 aliphatic heterocycles. The molecule has 1 saturated heterocycles. The molecule has 1 N–H and O–H groups in total. The predicted molar refractivity (Wildman–Crippen MR) is 158 cm³/mol. The zero-order valence-electron chi connectivity index (χ0n) is 26.5. The van der Waals surface area contributed by atoms with E-state index in [-0.39, 0.29) is 36.0 Å². The van der Waals surface area contributed by atoms with Crippen LogP contribution in [0.1, 0.15) is 129 Å². The molecule has 0 amide bonds. The fraction of sp³-hybridized carbons (Fsp3) is 0.839. The molecule has 0 aliphatic carbocycles. The van der Waals surface area contributed by atoms with E-state index in [1.807, 2.05) is 0 Å². The van der Waals surface area contributed by atoms with Crippen LogP contribution < -0.4 is 29.6 Å². The van der Waals surface area contributed by atoms with Gasteiger partial charge in [0.05, 0.1) is 18.4 Å². The maximum absolute atomic E-state index is 12.2. The zero-order valence-corrected chi connectivity index (χ0v) is 29.3. The molecule has 0 saturated carbocycles. The number of hydrogen-bond donors (Lipinski definition) is 1. The molecule has 10 nitrogen and oxygen atoms in total. The fourth-order valence-corrected chi connectivity index (χ4v) is 5.32. The van der Waals surface area contributed by atoms with Crippen molar-refractivity contribution >= 4 is 28.0 Å². The van der Waals surface area contributed by atoms with Crippen LogP contribution in [0, 0.1) is 5.41 Å². The number of cyclic esters (lactones) is 2. The second kappa shape index (κ2) is 25.2. The Morgan fingerprint density at radius 3 is 1.88 bits per heavy atom. The van der Waals surface area contributed by atoms with Gasteiger partial charge >= 0.3 is 47.5 Å². The number of allylic oxidation sites excluding steroid dienone is 2. The molecule has 0 aromatic heterocycles. The first-order chi connectivity index (χ1) is 20.1. The van der Waals surface area contributed by atoms with Gasteiger partial charge in [-0.2, -0.15) is 0 Å². The molecule has 0 bridgehead atoms. The van der Waals surface area contributed by atoms with Gasteiger partial charge in [0.15, 0.2) is 5.25 Å². The summed E-state index contributed by atoms with van der Waals surface area (Å²) in [4.78, 5) is 36.2. The number of ether oxygens (including phenoxy) is 3. The first-order valence-corrected chi connectivity index (χ1v) is 17.3. The molecule has 0 spiro atoms. The minimum atomic E-state index is -5.14. The molecule has 1 aliphatic rings. The summed E-state index contributed by atoms with van der Waals surface area (Å²) in [7, 11) is -5.14. The number of unbranched alkanes of at least 4 members (excludes halogenated alkanes) is 15. The Bertz CT molecular complexity index is 908. The minimum Gasteiger partial charge on any atom is -0.747 e. The van der Waals surface area contributed by atoms with E-state index in [0.717, 1.165) is 25.7 Å². The van der Waals surface area contributed by atoms with Gasteiger partial charge in [-0.3, -0.25) is 14.4 Å². The van der Waals surface area contributed by atoms with Gasteiger partial charge in [0.2, 0.25) is 0 Å². The van der Waals surface area contributed by atoms with E-state index in [0.29, 0.717) is 6.42 Å². The Morgan fingerprint density at radius 2 is 1.37 bits per heavy atom. The summed E-state index contributed by atoms with van der Waals surface area (Å²) in [5.74, 6) is -3.01. The Morgan fingerprint density at radius 1 is 0.884 bits per heavy atom. The number of aliphatic hydroxyl groups excluding tert-OH is 1. The van der Waals surface area contributed by atoms with Gasteiger partial charge in [-0.15, -0.1) is 0 Å². The van der Waals surface area contributed by atoms with Crippen molar-refractivity contribution in [1.29, 1.82) is 0 Å². The molecule has 2 unspecified atom stereocenters. The van der Waals surface area contributed by atoms with Gasteiger partial charge in [-0.05, 0) is 32.1 Å². The van der Waals surface area contributed by atoms with Gasteiger partial charge in [0, 0.05) is 6.42 Å². The quantitative estimate of drug-likeness (QED) is 0.0440. The molecule has 1 rings (SSSR count). The standard InChI is InChI=1S/C31H54O10S.Na/c1-2-3-4-5-6-7-8-9-10-11-12-13-14-15-16-17-18-19-20-21-28(33)39-24-31(23-32)25-40-29(34)22-27(42(36,37)38)30(35)41-26-31;/h11-12,27,32H,2-10,13-26H2,1H3,(H,36,37,38);/q;+1/p-1/b12-11-;. The number of aliphatic hydroxyl groups is 1. The van der Waals surface area contributed by atoms with Crippen LogP contribution in [0.15, 0.2) is 12.2 Å². The van der Waals surface area contributed by atoms with E-state index in [9.17, 15) is 32.5 Å². The van der Waals surface area contributed by atoms with Crippen molar-refractivity contribution in [3.8, 4) is 0 Å². The number of rotatable bonds is 23. The van der Waals surface area contributed by atoms with Crippen molar-refractivity contribution in [2.24, 2.45) is 5.41 Å². The summed E-state index contributed by atoms with van der Waals surface area (Å²) in [6.07, 6.45) is 24.2. The second-order valence-corrected chi connectivity index (χ2v) is 13.1. The van der Waals surface area contributed by atoms with Gasteiger partial charge in [-0.25, -0.2) is 8.42 Å². The van der Waals surface area contributed by atoms with Crippen molar-refractivity contribution in [1.82, 2.24) is 0 Å². The third-order valence-electron chi connectivity index (χ3n) is 7.54. The molecule has 0 aromatic rings. The van der Waals surface area contributed by atoms with Gasteiger partial charge in [0.25, 0.3) is 0 Å². The molecule has 1 fully saturated rings. The van der Waals surface area contributed by atoms with E-state index in [1.54, 1.807) is 0 Å². The molecular formula is C31H53NaO10S. The van der Waals surface area contributed by atoms with Gasteiger partial charge < -0.3 is 23.9 Å². The van der Waals surface area contributed by atoms with E-state index < -0.39 is 71.5 Å². The number of carbonyl (C=O) groups excluding carboxylic acids is 3. The Kier molecular flexibility index (Phi) is 24.7. The number of esters is 3. The third kappa shape index (κ3) is 20.6. The number of hydrogen-bond acceptors (Lipinski definition) is 10. The molecule has 244 valence electrons. The van der Waals surface area contributed by atoms with Crippen LogP contribution in [0.4, 0.5) is 0 Å². The van der Waals surface area contributed by atoms with E-state index in [1.165, 1.54) is 77.0 Å². The van der Waals surface area contributed by atoms with Crippen LogP contribution in [0.25, 0.3) is 0 Å². The van der Waals surface area contributed by atoms with Gasteiger partial charge in [0.1, 0.15) is 29.9 Å². The van der Waals surface area contributed by atoms with Crippen LogP contribution in [0.2, 0.25) is 0 Å². The molecule has 0 aromatic carbocycles. The zero-order chi connectivity index (χ0) is 31.1. The van der Waals surface area contributed by atoms with Crippen molar-refractivity contribution in [2.45, 2.75) is 134 Å². The van der Waals surface area contributed by atoms with Crippen LogP contribution in [-0.2, 0) is 38.7 Å². The number of carbonyl (C=O) groups is 3. The Balaban J connectivity index is 0.0000176.